The second-order valence-corrected chi connectivity index (χ2v) is 7.64. The summed E-state index contributed by atoms with van der Waals surface area (Å²) in [5, 5.41) is 10.0. The second kappa shape index (κ2) is 10.2. The first-order chi connectivity index (χ1) is 16.0. The molecule has 1 atom stereocenters. The number of rotatable bonds is 8. The van der Waals surface area contributed by atoms with Crippen molar-refractivity contribution in [3.05, 3.63) is 70.6 Å². The van der Waals surface area contributed by atoms with E-state index in [1.54, 1.807) is 62.7 Å². The van der Waals surface area contributed by atoms with Crippen LogP contribution in [0.5, 0.6) is 17.2 Å². The maximum absolute atomic E-state index is 12.8. The SMILES string of the molecule is COc1cccc(Oc2cnn(C)c(=O)c2Nc2ccc(C(=O)NCC3CCCO3)cc2)c1. The van der Waals surface area contributed by atoms with Crippen LogP contribution in [-0.2, 0) is 11.8 Å². The maximum atomic E-state index is 12.8. The molecule has 1 unspecified atom stereocenters. The number of methoxy groups -OCH3 is 1. The van der Waals surface area contributed by atoms with Gasteiger partial charge in [0.15, 0.2) is 11.4 Å². The molecule has 3 aromatic rings. The van der Waals surface area contributed by atoms with Gasteiger partial charge in [-0.3, -0.25) is 9.59 Å². The van der Waals surface area contributed by atoms with Crippen LogP contribution in [0.2, 0.25) is 0 Å². The Labute approximate surface area is 191 Å². The van der Waals surface area contributed by atoms with E-state index in [1.807, 2.05) is 0 Å². The third kappa shape index (κ3) is 5.50. The zero-order valence-electron chi connectivity index (χ0n) is 18.5. The smallest absolute Gasteiger partial charge is 0.294 e. The molecule has 0 bridgehead atoms. The summed E-state index contributed by atoms with van der Waals surface area (Å²) >= 11 is 0. The molecule has 1 saturated heterocycles. The summed E-state index contributed by atoms with van der Waals surface area (Å²) in [6, 6.07) is 13.9. The highest BCUT2D eigenvalue weighted by molar-refractivity contribution is 5.94. The number of nitrogens with one attached hydrogen (secondary N) is 2. The summed E-state index contributed by atoms with van der Waals surface area (Å²) in [5.74, 6) is 1.24. The van der Waals surface area contributed by atoms with Gasteiger partial charge in [-0.2, -0.15) is 5.10 Å². The molecule has 1 aliphatic heterocycles. The van der Waals surface area contributed by atoms with Crippen molar-refractivity contribution in [3.8, 4) is 17.2 Å². The monoisotopic (exact) mass is 450 g/mol. The molecule has 9 heteroatoms. The number of hydrogen-bond donors (Lipinski definition) is 2. The highest BCUT2D eigenvalue weighted by Crippen LogP contribution is 2.30. The average molecular weight is 450 g/mol. The number of carbonyl (C=O) groups excluding carboxylic acids is 1. The number of hydrogen-bond acceptors (Lipinski definition) is 7. The lowest BCUT2D eigenvalue weighted by atomic mass is 10.1. The fourth-order valence-electron chi connectivity index (χ4n) is 3.47. The van der Waals surface area contributed by atoms with Gasteiger partial charge in [0, 0.05) is 37.5 Å². The Bertz CT molecular complexity index is 1170. The van der Waals surface area contributed by atoms with Crippen LogP contribution in [0.15, 0.2) is 59.5 Å². The topological polar surface area (TPSA) is 104 Å². The van der Waals surface area contributed by atoms with Gasteiger partial charge in [0.05, 0.1) is 19.4 Å². The molecule has 33 heavy (non-hydrogen) atoms. The maximum Gasteiger partial charge on any atom is 0.294 e. The largest absolute Gasteiger partial charge is 0.497 e. The van der Waals surface area contributed by atoms with Gasteiger partial charge in [-0.25, -0.2) is 4.68 Å². The van der Waals surface area contributed by atoms with Crippen LogP contribution in [0.3, 0.4) is 0 Å². The summed E-state index contributed by atoms with van der Waals surface area (Å²) in [7, 11) is 3.13. The molecule has 172 valence electrons. The number of nitrogens with zero attached hydrogens (tertiary/aromatic N) is 2. The molecule has 1 aromatic heterocycles. The Morgan fingerprint density at radius 3 is 2.73 bits per heavy atom. The molecule has 0 spiro atoms. The van der Waals surface area contributed by atoms with E-state index in [0.717, 1.165) is 19.4 Å². The molecule has 2 aromatic carbocycles. The molecule has 0 aliphatic carbocycles. The van der Waals surface area contributed by atoms with Gasteiger partial charge >= 0.3 is 0 Å². The second-order valence-electron chi connectivity index (χ2n) is 7.64. The lowest BCUT2D eigenvalue weighted by Gasteiger charge is -2.14. The molecule has 0 radical (unpaired) electrons. The highest BCUT2D eigenvalue weighted by Gasteiger charge is 2.17. The minimum absolute atomic E-state index is 0.0841. The van der Waals surface area contributed by atoms with Crippen molar-refractivity contribution in [2.45, 2.75) is 18.9 Å². The summed E-state index contributed by atoms with van der Waals surface area (Å²) in [6.45, 7) is 1.25. The van der Waals surface area contributed by atoms with Gasteiger partial charge in [0.25, 0.3) is 11.5 Å². The van der Waals surface area contributed by atoms with Crippen LogP contribution < -0.4 is 25.7 Å². The first-order valence-corrected chi connectivity index (χ1v) is 10.7. The van der Waals surface area contributed by atoms with Gasteiger partial charge in [-0.15, -0.1) is 0 Å². The zero-order valence-corrected chi connectivity index (χ0v) is 18.5. The predicted octanol–water partition coefficient (Wildman–Crippen LogP) is 3.23. The van der Waals surface area contributed by atoms with Crippen LogP contribution >= 0.6 is 0 Å². The third-order valence-electron chi connectivity index (χ3n) is 5.30. The molecule has 1 fully saturated rings. The molecule has 4 rings (SSSR count). The fraction of sp³-hybridized carbons (Fsp3) is 0.292. The molecular weight excluding hydrogens is 424 g/mol. The summed E-state index contributed by atoms with van der Waals surface area (Å²) in [5.41, 5.74) is 1.03. The zero-order chi connectivity index (χ0) is 23.2. The van der Waals surface area contributed by atoms with Crippen LogP contribution in [0, 0.1) is 0 Å². The molecule has 2 N–H and O–H groups in total. The number of aromatic nitrogens is 2. The van der Waals surface area contributed by atoms with Crippen molar-refractivity contribution in [1.82, 2.24) is 15.1 Å². The Morgan fingerprint density at radius 1 is 1.21 bits per heavy atom. The van der Waals surface area contributed by atoms with E-state index >= 15 is 0 Å². The summed E-state index contributed by atoms with van der Waals surface area (Å²) < 4.78 is 17.9. The standard InChI is InChI=1S/C24H26N4O5/c1-28-24(30)22(21(15-26-28)33-19-6-3-5-18(13-19)31-2)27-17-10-8-16(9-11-17)23(29)25-14-20-7-4-12-32-20/h3,5-6,8-11,13,15,20,27H,4,7,12,14H2,1-2H3,(H,25,29). The van der Waals surface area contributed by atoms with Gasteiger partial charge in [-0.1, -0.05) is 6.07 Å². The lowest BCUT2D eigenvalue weighted by Crippen LogP contribution is -2.31. The van der Waals surface area contributed by atoms with E-state index in [-0.39, 0.29) is 29.0 Å². The summed E-state index contributed by atoms with van der Waals surface area (Å²) in [6.07, 6.45) is 3.54. The van der Waals surface area contributed by atoms with Crippen molar-refractivity contribution >= 4 is 17.3 Å². The van der Waals surface area contributed by atoms with E-state index in [4.69, 9.17) is 14.2 Å². The Kier molecular flexibility index (Phi) is 6.89. The van der Waals surface area contributed by atoms with Crippen molar-refractivity contribution in [1.29, 1.82) is 0 Å². The molecule has 1 amide bonds. The van der Waals surface area contributed by atoms with Crippen LogP contribution in [0.4, 0.5) is 11.4 Å². The van der Waals surface area contributed by atoms with E-state index in [2.05, 4.69) is 15.7 Å². The van der Waals surface area contributed by atoms with E-state index in [0.29, 0.717) is 29.3 Å². The summed E-state index contributed by atoms with van der Waals surface area (Å²) in [4.78, 5) is 25.2. The fourth-order valence-corrected chi connectivity index (χ4v) is 3.47. The van der Waals surface area contributed by atoms with Gasteiger partial charge < -0.3 is 24.8 Å². The van der Waals surface area contributed by atoms with Gasteiger partial charge in [0.2, 0.25) is 0 Å². The molecular formula is C24H26N4O5. The number of benzene rings is 2. The Balaban J connectivity index is 1.49. The van der Waals surface area contributed by atoms with Gasteiger partial charge in [0.1, 0.15) is 11.5 Å². The van der Waals surface area contributed by atoms with Crippen LogP contribution in [0.25, 0.3) is 0 Å². The number of amides is 1. The van der Waals surface area contributed by atoms with E-state index in [1.165, 1.54) is 10.9 Å². The molecule has 1 aliphatic rings. The third-order valence-corrected chi connectivity index (χ3v) is 5.30. The van der Waals surface area contributed by atoms with Gasteiger partial charge in [-0.05, 0) is 49.2 Å². The van der Waals surface area contributed by atoms with Crippen LogP contribution in [-0.4, -0.2) is 42.1 Å². The quantitative estimate of drug-likeness (QED) is 0.543. The van der Waals surface area contributed by atoms with Crippen molar-refractivity contribution in [2.24, 2.45) is 7.05 Å². The number of anilines is 2. The molecule has 9 nitrogen and oxygen atoms in total. The van der Waals surface area contributed by atoms with E-state index in [9.17, 15) is 9.59 Å². The van der Waals surface area contributed by atoms with E-state index < -0.39 is 0 Å². The number of carbonyl (C=O) groups is 1. The van der Waals surface area contributed by atoms with Crippen molar-refractivity contribution in [3.63, 3.8) is 0 Å². The normalized spacial score (nSPS) is 15.2. The highest BCUT2D eigenvalue weighted by atomic mass is 16.5. The first-order valence-electron chi connectivity index (χ1n) is 10.7. The Hall–Kier alpha value is -3.85. The number of aryl methyl sites for hydroxylation is 1. The van der Waals surface area contributed by atoms with Crippen molar-refractivity contribution < 1.29 is 19.0 Å². The first kappa shape index (κ1) is 22.3. The Morgan fingerprint density at radius 2 is 2.00 bits per heavy atom. The average Bonchev–Trinajstić information content (AvgIpc) is 3.36. The van der Waals surface area contributed by atoms with Crippen LogP contribution in [0.1, 0.15) is 23.2 Å². The predicted molar refractivity (Wildman–Crippen MR) is 124 cm³/mol. The number of ether oxygens (including phenoxy) is 3. The molecule has 2 heterocycles. The minimum Gasteiger partial charge on any atom is -0.497 e. The minimum atomic E-state index is -0.353. The molecule has 0 saturated carbocycles. The lowest BCUT2D eigenvalue weighted by molar-refractivity contribution is 0.0858. The van der Waals surface area contributed by atoms with Crippen molar-refractivity contribution in [2.75, 3.05) is 25.6 Å².